The molecular weight excluding hydrogens is 328 g/mol. The number of hydrogen-bond acceptors (Lipinski definition) is 4. The van der Waals surface area contributed by atoms with Gasteiger partial charge in [0.15, 0.2) is 0 Å². The summed E-state index contributed by atoms with van der Waals surface area (Å²) in [5, 5.41) is 0. The van der Waals surface area contributed by atoms with Gasteiger partial charge in [-0.05, 0) is 32.6 Å². The summed E-state index contributed by atoms with van der Waals surface area (Å²) in [6.07, 6.45) is 15.0. The topological polar surface area (TPSA) is 52.6 Å². The van der Waals surface area contributed by atoms with Gasteiger partial charge in [0.25, 0.3) is 0 Å². The summed E-state index contributed by atoms with van der Waals surface area (Å²) < 4.78 is 10.6. The largest absolute Gasteiger partial charge is 0.466 e. The Morgan fingerprint density at radius 3 is 1.85 bits per heavy atom. The summed E-state index contributed by atoms with van der Waals surface area (Å²) in [7, 11) is 0. The van der Waals surface area contributed by atoms with Crippen LogP contribution >= 0.6 is 0 Å². The number of rotatable bonds is 18. The van der Waals surface area contributed by atoms with Crippen molar-refractivity contribution in [2.75, 3.05) is 6.61 Å². The first kappa shape index (κ1) is 24.9. The standard InChI is InChI=1S/C22H42O4/c1-4-6-8-15-19-25-21(23)17-13-11-9-10-12-14-18-22(24)26-20(3)16-7-5-2/h20H,4-19H2,1-3H3. The highest BCUT2D eigenvalue weighted by atomic mass is 16.5. The summed E-state index contributed by atoms with van der Waals surface area (Å²) in [4.78, 5) is 23.3. The van der Waals surface area contributed by atoms with Crippen molar-refractivity contribution in [1.29, 1.82) is 0 Å². The van der Waals surface area contributed by atoms with Gasteiger partial charge >= 0.3 is 11.9 Å². The molecule has 0 aliphatic rings. The number of ether oxygens (including phenoxy) is 2. The van der Waals surface area contributed by atoms with Crippen LogP contribution in [0, 0.1) is 0 Å². The van der Waals surface area contributed by atoms with Gasteiger partial charge in [0, 0.05) is 12.8 Å². The normalized spacial score (nSPS) is 12.0. The highest BCUT2D eigenvalue weighted by Gasteiger charge is 2.08. The van der Waals surface area contributed by atoms with Crippen molar-refractivity contribution in [1.82, 2.24) is 0 Å². The zero-order valence-electron chi connectivity index (χ0n) is 17.5. The second kappa shape index (κ2) is 18.7. The molecule has 0 saturated heterocycles. The smallest absolute Gasteiger partial charge is 0.306 e. The number of carbonyl (C=O) groups is 2. The zero-order chi connectivity index (χ0) is 19.5. The molecule has 0 aromatic carbocycles. The Labute approximate surface area is 161 Å². The number of carbonyl (C=O) groups excluding carboxylic acids is 2. The number of esters is 2. The molecule has 0 aliphatic heterocycles. The minimum atomic E-state index is -0.0599. The molecule has 0 fully saturated rings. The average Bonchev–Trinajstić information content (AvgIpc) is 2.62. The maximum atomic E-state index is 11.7. The van der Waals surface area contributed by atoms with E-state index in [0.29, 0.717) is 19.4 Å². The molecule has 0 aromatic rings. The van der Waals surface area contributed by atoms with Crippen molar-refractivity contribution in [3.63, 3.8) is 0 Å². The summed E-state index contributed by atoms with van der Waals surface area (Å²) >= 11 is 0. The van der Waals surface area contributed by atoms with Crippen LogP contribution in [-0.2, 0) is 19.1 Å². The molecule has 0 aromatic heterocycles. The minimum Gasteiger partial charge on any atom is -0.466 e. The summed E-state index contributed by atoms with van der Waals surface area (Å²) in [5.74, 6) is -0.114. The van der Waals surface area contributed by atoms with Crippen molar-refractivity contribution in [3.05, 3.63) is 0 Å². The quantitative estimate of drug-likeness (QED) is 0.208. The van der Waals surface area contributed by atoms with Crippen molar-refractivity contribution < 1.29 is 19.1 Å². The van der Waals surface area contributed by atoms with E-state index >= 15 is 0 Å². The highest BCUT2D eigenvalue weighted by molar-refractivity contribution is 5.69. The maximum absolute atomic E-state index is 11.7. The Morgan fingerprint density at radius 1 is 0.692 bits per heavy atom. The Morgan fingerprint density at radius 2 is 1.23 bits per heavy atom. The molecule has 0 spiro atoms. The van der Waals surface area contributed by atoms with E-state index in [1.54, 1.807) is 0 Å². The van der Waals surface area contributed by atoms with Crippen LogP contribution < -0.4 is 0 Å². The van der Waals surface area contributed by atoms with Crippen molar-refractivity contribution in [3.8, 4) is 0 Å². The van der Waals surface area contributed by atoms with Gasteiger partial charge in [0.1, 0.15) is 0 Å². The molecule has 4 nitrogen and oxygen atoms in total. The highest BCUT2D eigenvalue weighted by Crippen LogP contribution is 2.11. The van der Waals surface area contributed by atoms with Crippen molar-refractivity contribution in [2.24, 2.45) is 0 Å². The molecule has 1 atom stereocenters. The molecule has 0 heterocycles. The van der Waals surface area contributed by atoms with Crippen LogP contribution in [0.25, 0.3) is 0 Å². The van der Waals surface area contributed by atoms with Crippen LogP contribution in [0.3, 0.4) is 0 Å². The molecular formula is C22H42O4. The van der Waals surface area contributed by atoms with Gasteiger partial charge in [-0.25, -0.2) is 0 Å². The SMILES string of the molecule is CCCCCCOC(=O)CCCCCCCCC(=O)OC(C)CCCC. The first-order chi connectivity index (χ1) is 12.6. The van der Waals surface area contributed by atoms with Gasteiger partial charge in [0.2, 0.25) is 0 Å². The first-order valence-electron chi connectivity index (χ1n) is 10.9. The van der Waals surface area contributed by atoms with Gasteiger partial charge in [0.05, 0.1) is 12.7 Å². The number of unbranched alkanes of at least 4 members (excludes halogenated alkanes) is 9. The molecule has 0 N–H and O–H groups in total. The second-order valence-electron chi connectivity index (χ2n) is 7.35. The molecule has 0 bridgehead atoms. The van der Waals surface area contributed by atoms with Gasteiger partial charge in [-0.2, -0.15) is 0 Å². The molecule has 26 heavy (non-hydrogen) atoms. The molecule has 0 aliphatic carbocycles. The van der Waals surface area contributed by atoms with E-state index < -0.39 is 0 Å². The Kier molecular flexibility index (Phi) is 18.0. The van der Waals surface area contributed by atoms with Crippen molar-refractivity contribution in [2.45, 2.75) is 123 Å². The van der Waals surface area contributed by atoms with Crippen LogP contribution in [-0.4, -0.2) is 24.6 Å². The third-order valence-electron chi connectivity index (χ3n) is 4.57. The molecule has 1 unspecified atom stereocenters. The van der Waals surface area contributed by atoms with E-state index in [1.807, 2.05) is 6.92 Å². The van der Waals surface area contributed by atoms with Crippen LogP contribution in [0.4, 0.5) is 0 Å². The van der Waals surface area contributed by atoms with Gasteiger partial charge in [-0.3, -0.25) is 9.59 Å². The summed E-state index contributed by atoms with van der Waals surface area (Å²) in [6, 6.07) is 0. The minimum absolute atomic E-state index is 0.0499. The van der Waals surface area contributed by atoms with E-state index in [2.05, 4.69) is 13.8 Å². The Hall–Kier alpha value is -1.06. The lowest BCUT2D eigenvalue weighted by atomic mass is 10.1. The maximum Gasteiger partial charge on any atom is 0.306 e. The van der Waals surface area contributed by atoms with Gasteiger partial charge in [-0.1, -0.05) is 71.6 Å². The molecule has 4 heteroatoms. The lowest BCUT2D eigenvalue weighted by molar-refractivity contribution is -0.148. The lowest BCUT2D eigenvalue weighted by Gasteiger charge is -2.12. The van der Waals surface area contributed by atoms with E-state index in [9.17, 15) is 9.59 Å². The third kappa shape index (κ3) is 17.8. The fraction of sp³-hybridized carbons (Fsp3) is 0.909. The molecule has 0 amide bonds. The van der Waals surface area contributed by atoms with Gasteiger partial charge in [-0.15, -0.1) is 0 Å². The molecule has 0 radical (unpaired) electrons. The van der Waals surface area contributed by atoms with Crippen LogP contribution in [0.5, 0.6) is 0 Å². The van der Waals surface area contributed by atoms with Crippen molar-refractivity contribution >= 4 is 11.9 Å². The fourth-order valence-corrected chi connectivity index (χ4v) is 2.87. The fourth-order valence-electron chi connectivity index (χ4n) is 2.87. The average molecular weight is 371 g/mol. The van der Waals surface area contributed by atoms with E-state index in [1.165, 1.54) is 12.8 Å². The predicted molar refractivity (Wildman–Crippen MR) is 107 cm³/mol. The zero-order valence-corrected chi connectivity index (χ0v) is 17.5. The van der Waals surface area contributed by atoms with E-state index in [4.69, 9.17) is 9.47 Å². The van der Waals surface area contributed by atoms with Crippen LogP contribution in [0.15, 0.2) is 0 Å². The van der Waals surface area contributed by atoms with Crippen LogP contribution in [0.2, 0.25) is 0 Å². The summed E-state index contributed by atoms with van der Waals surface area (Å²) in [5.41, 5.74) is 0. The van der Waals surface area contributed by atoms with Crippen LogP contribution in [0.1, 0.15) is 117 Å². The molecule has 0 rings (SSSR count). The molecule has 0 saturated carbocycles. The Bertz CT molecular complexity index is 341. The van der Waals surface area contributed by atoms with E-state index in [0.717, 1.165) is 70.6 Å². The number of hydrogen-bond donors (Lipinski definition) is 0. The summed E-state index contributed by atoms with van der Waals surface area (Å²) in [6.45, 7) is 6.87. The van der Waals surface area contributed by atoms with E-state index in [-0.39, 0.29) is 18.0 Å². The lowest BCUT2D eigenvalue weighted by Crippen LogP contribution is -2.14. The third-order valence-corrected chi connectivity index (χ3v) is 4.57. The second-order valence-corrected chi connectivity index (χ2v) is 7.35. The van der Waals surface area contributed by atoms with Gasteiger partial charge < -0.3 is 9.47 Å². The Balaban J connectivity index is 3.35. The predicted octanol–water partition coefficient (Wildman–Crippen LogP) is 6.35. The molecule has 154 valence electrons. The first-order valence-corrected chi connectivity index (χ1v) is 10.9. The monoisotopic (exact) mass is 370 g/mol.